The van der Waals surface area contributed by atoms with Crippen molar-refractivity contribution in [3.8, 4) is 11.4 Å². The number of fused-ring (bicyclic) bond motifs is 1. The second-order valence-corrected chi connectivity index (χ2v) is 5.94. The number of pyridine rings is 1. The van der Waals surface area contributed by atoms with Gasteiger partial charge in [-0.3, -0.25) is 10.3 Å². The number of hydrogen-bond acceptors (Lipinski definition) is 8. The summed E-state index contributed by atoms with van der Waals surface area (Å²) in [4.78, 5) is 27.0. The lowest BCUT2D eigenvalue weighted by molar-refractivity contribution is -0.159. The highest BCUT2D eigenvalue weighted by atomic mass is 19.4. The Morgan fingerprint density at radius 3 is 2.60 bits per heavy atom. The van der Waals surface area contributed by atoms with E-state index in [2.05, 4.69) is 34.9 Å². The summed E-state index contributed by atoms with van der Waals surface area (Å²) in [6, 6.07) is 7.52. The maximum absolute atomic E-state index is 12.5. The van der Waals surface area contributed by atoms with Gasteiger partial charge in [0.1, 0.15) is 6.61 Å². The van der Waals surface area contributed by atoms with Gasteiger partial charge in [0.05, 0.1) is 5.56 Å². The van der Waals surface area contributed by atoms with Crippen LogP contribution in [-0.4, -0.2) is 31.2 Å². The van der Waals surface area contributed by atoms with Gasteiger partial charge in [-0.2, -0.15) is 18.2 Å². The van der Waals surface area contributed by atoms with Crippen molar-refractivity contribution in [3.63, 3.8) is 0 Å². The van der Waals surface area contributed by atoms with Crippen molar-refractivity contribution in [1.29, 1.82) is 0 Å². The highest BCUT2D eigenvalue weighted by molar-refractivity contribution is 5.85. The first kappa shape index (κ1) is 19.2. The van der Waals surface area contributed by atoms with E-state index in [1.165, 1.54) is 0 Å². The first-order valence-electron chi connectivity index (χ1n) is 8.39. The van der Waals surface area contributed by atoms with Crippen LogP contribution in [0.15, 0.2) is 53.6 Å². The summed E-state index contributed by atoms with van der Waals surface area (Å²) in [6.07, 6.45) is 0.0210. The molecule has 3 heterocycles. The third kappa shape index (κ3) is 4.16. The van der Waals surface area contributed by atoms with Gasteiger partial charge in [-0.05, 0) is 5.39 Å². The van der Waals surface area contributed by atoms with Gasteiger partial charge in [-0.15, -0.1) is 0 Å². The molecule has 0 atom stereocenters. The number of hydrogen-bond donors (Lipinski definition) is 1. The fourth-order valence-electron chi connectivity index (χ4n) is 2.53. The Morgan fingerprint density at radius 1 is 1.10 bits per heavy atom. The van der Waals surface area contributed by atoms with E-state index < -0.39 is 18.2 Å². The number of amides is 1. The molecule has 1 amide bonds. The molecule has 1 N–H and O–H groups in total. The predicted molar refractivity (Wildman–Crippen MR) is 95.9 cm³/mol. The van der Waals surface area contributed by atoms with Gasteiger partial charge in [-0.1, -0.05) is 29.4 Å². The number of alkyl halides is 3. The number of carbonyl (C=O) groups excluding carboxylic acids is 1. The summed E-state index contributed by atoms with van der Waals surface area (Å²) in [5, 5.41) is 7.36. The van der Waals surface area contributed by atoms with Crippen molar-refractivity contribution >= 4 is 22.8 Å². The number of halogens is 3. The summed E-state index contributed by atoms with van der Waals surface area (Å²) < 4.78 is 46.8. The van der Waals surface area contributed by atoms with E-state index in [4.69, 9.17) is 4.74 Å². The Hall–Kier alpha value is -4.09. The van der Waals surface area contributed by atoms with E-state index in [1.54, 1.807) is 12.4 Å². The predicted octanol–water partition coefficient (Wildman–Crippen LogP) is 3.84. The summed E-state index contributed by atoms with van der Waals surface area (Å²) in [5.74, 6) is -1.93. The van der Waals surface area contributed by atoms with Gasteiger partial charge >= 0.3 is 18.2 Å². The number of nitrogens with zero attached hydrogens (tertiary/aromatic N) is 5. The first-order chi connectivity index (χ1) is 14.4. The van der Waals surface area contributed by atoms with Crippen LogP contribution >= 0.6 is 0 Å². The molecular formula is C18H11F3N6O3. The van der Waals surface area contributed by atoms with E-state index in [1.807, 2.05) is 24.3 Å². The average Bonchev–Trinajstić information content (AvgIpc) is 3.24. The molecule has 0 saturated carbocycles. The van der Waals surface area contributed by atoms with Gasteiger partial charge in [-0.25, -0.2) is 14.8 Å². The molecule has 30 heavy (non-hydrogen) atoms. The lowest BCUT2D eigenvalue weighted by atomic mass is 10.1. The minimum Gasteiger partial charge on any atom is -0.444 e. The third-order valence-electron chi connectivity index (χ3n) is 3.90. The van der Waals surface area contributed by atoms with Crippen molar-refractivity contribution in [2.45, 2.75) is 12.8 Å². The second-order valence-electron chi connectivity index (χ2n) is 5.94. The second kappa shape index (κ2) is 7.73. The van der Waals surface area contributed by atoms with Crippen molar-refractivity contribution in [3.05, 3.63) is 60.5 Å². The van der Waals surface area contributed by atoms with E-state index in [-0.39, 0.29) is 23.9 Å². The molecule has 0 aliphatic carbocycles. The maximum atomic E-state index is 12.5. The number of benzene rings is 1. The Kier molecular flexibility index (Phi) is 4.96. The minimum absolute atomic E-state index is 0.0264. The normalized spacial score (nSPS) is 11.4. The molecule has 0 radical (unpaired) electrons. The quantitative estimate of drug-likeness (QED) is 0.533. The number of anilines is 1. The van der Waals surface area contributed by atoms with Crippen LogP contribution in [0.2, 0.25) is 0 Å². The van der Waals surface area contributed by atoms with Crippen molar-refractivity contribution in [2.75, 3.05) is 5.32 Å². The number of carbonyl (C=O) groups is 1. The van der Waals surface area contributed by atoms with Crippen LogP contribution in [0.25, 0.3) is 22.2 Å². The van der Waals surface area contributed by atoms with Crippen LogP contribution in [0.1, 0.15) is 11.5 Å². The summed E-state index contributed by atoms with van der Waals surface area (Å²) in [5.41, 5.74) is 0.798. The van der Waals surface area contributed by atoms with Crippen LogP contribution in [0, 0.1) is 0 Å². The van der Waals surface area contributed by atoms with Crippen LogP contribution in [0.3, 0.4) is 0 Å². The smallest absolute Gasteiger partial charge is 0.444 e. The SMILES string of the molecule is O=C(Nc1ncc(-c2noc(C(F)(F)F)n2)cn1)OCc1cncc2ccccc12. The molecule has 0 aliphatic heterocycles. The highest BCUT2D eigenvalue weighted by Gasteiger charge is 2.38. The molecule has 4 aromatic rings. The zero-order valence-electron chi connectivity index (χ0n) is 14.9. The monoisotopic (exact) mass is 416 g/mol. The fraction of sp³-hybridized carbons (Fsp3) is 0.111. The van der Waals surface area contributed by atoms with E-state index in [9.17, 15) is 18.0 Å². The van der Waals surface area contributed by atoms with Gasteiger partial charge in [0.2, 0.25) is 11.8 Å². The molecule has 0 bridgehead atoms. The van der Waals surface area contributed by atoms with E-state index in [0.29, 0.717) is 0 Å². The first-order valence-corrected chi connectivity index (χ1v) is 8.39. The van der Waals surface area contributed by atoms with Crippen molar-refractivity contribution < 1.29 is 27.2 Å². The van der Waals surface area contributed by atoms with Crippen molar-refractivity contribution in [2.24, 2.45) is 0 Å². The standard InChI is InChI=1S/C18H11F3N6O3/c19-18(20,21)15-25-14(27-30-15)11-7-23-16(24-8-11)26-17(28)29-9-12-6-22-5-10-3-1-2-4-13(10)12/h1-8H,9H2,(H,23,24,26,28). The van der Waals surface area contributed by atoms with Crippen LogP contribution in [0.4, 0.5) is 23.9 Å². The molecule has 4 rings (SSSR count). The lowest BCUT2D eigenvalue weighted by Crippen LogP contribution is -2.15. The van der Waals surface area contributed by atoms with Crippen LogP contribution in [-0.2, 0) is 17.5 Å². The Morgan fingerprint density at radius 2 is 1.87 bits per heavy atom. The highest BCUT2D eigenvalue weighted by Crippen LogP contribution is 2.29. The van der Waals surface area contributed by atoms with Gasteiger partial charge in [0.25, 0.3) is 0 Å². The summed E-state index contributed by atoms with van der Waals surface area (Å²) in [7, 11) is 0. The number of nitrogens with one attached hydrogen (secondary N) is 1. The Bertz CT molecular complexity index is 1190. The molecule has 0 unspecified atom stereocenters. The number of rotatable bonds is 4. The molecular weight excluding hydrogens is 405 g/mol. The fourth-order valence-corrected chi connectivity index (χ4v) is 2.53. The largest absolute Gasteiger partial charge is 0.471 e. The number of aromatic nitrogens is 5. The van der Waals surface area contributed by atoms with Crippen molar-refractivity contribution in [1.82, 2.24) is 25.1 Å². The Balaban J connectivity index is 1.38. The topological polar surface area (TPSA) is 116 Å². The minimum atomic E-state index is -4.75. The lowest BCUT2D eigenvalue weighted by Gasteiger charge is -2.08. The molecule has 0 saturated heterocycles. The maximum Gasteiger partial charge on any atom is 0.471 e. The molecule has 12 heteroatoms. The summed E-state index contributed by atoms with van der Waals surface area (Å²) in [6.45, 7) is -0.0264. The van der Waals surface area contributed by atoms with E-state index in [0.717, 1.165) is 28.7 Å². The van der Waals surface area contributed by atoms with Crippen LogP contribution in [0.5, 0.6) is 0 Å². The molecule has 0 aliphatic rings. The number of ether oxygens (including phenoxy) is 1. The van der Waals surface area contributed by atoms with Gasteiger partial charge < -0.3 is 9.26 Å². The zero-order valence-corrected chi connectivity index (χ0v) is 14.9. The van der Waals surface area contributed by atoms with Crippen LogP contribution < -0.4 is 5.32 Å². The molecule has 1 aromatic carbocycles. The summed E-state index contributed by atoms with van der Waals surface area (Å²) >= 11 is 0. The molecule has 0 fully saturated rings. The Labute approximate surface area is 165 Å². The van der Waals surface area contributed by atoms with E-state index >= 15 is 0 Å². The molecule has 9 nitrogen and oxygen atoms in total. The molecule has 152 valence electrons. The van der Waals surface area contributed by atoms with Gasteiger partial charge in [0.15, 0.2) is 0 Å². The average molecular weight is 416 g/mol. The molecule has 0 spiro atoms. The molecule has 3 aromatic heterocycles. The zero-order chi connectivity index (χ0) is 21.1. The van der Waals surface area contributed by atoms with Gasteiger partial charge in [0, 0.05) is 35.7 Å². The third-order valence-corrected chi connectivity index (χ3v) is 3.90.